The van der Waals surface area contributed by atoms with Crippen LogP contribution in [-0.4, -0.2) is 45.7 Å². The Morgan fingerprint density at radius 3 is 2.60 bits per heavy atom. The second kappa shape index (κ2) is 9.39. The van der Waals surface area contributed by atoms with Gasteiger partial charge >= 0.3 is 0 Å². The van der Waals surface area contributed by atoms with E-state index in [4.69, 9.17) is 11.6 Å². The van der Waals surface area contributed by atoms with Crippen molar-refractivity contribution in [1.82, 2.24) is 9.80 Å². The first kappa shape index (κ1) is 23.4. The Kier molecular flexibility index (Phi) is 6.29. The molecule has 0 bridgehead atoms. The van der Waals surface area contributed by atoms with Crippen molar-refractivity contribution >= 4 is 40.4 Å². The van der Waals surface area contributed by atoms with Gasteiger partial charge in [0.15, 0.2) is 0 Å². The van der Waals surface area contributed by atoms with Gasteiger partial charge in [-0.25, -0.2) is 4.39 Å². The molecule has 10 heteroatoms. The van der Waals surface area contributed by atoms with Gasteiger partial charge in [0.25, 0.3) is 11.6 Å². The second-order valence-electron chi connectivity index (χ2n) is 8.68. The van der Waals surface area contributed by atoms with Crippen LogP contribution >= 0.6 is 22.9 Å². The number of hydrogen-bond donors (Lipinski definition) is 0. The SMILES string of the molecule is O=C(c1ccc(Cl)c([N+](=O)[O-])c1)N(CC(=O)N1CCc2sccc2C1c1ccc(F)cc1)C1CC1. The molecule has 1 atom stereocenters. The topological polar surface area (TPSA) is 83.8 Å². The average molecular weight is 514 g/mol. The van der Waals surface area contributed by atoms with Crippen LogP contribution in [0.4, 0.5) is 10.1 Å². The van der Waals surface area contributed by atoms with Gasteiger partial charge in [0.05, 0.1) is 11.0 Å². The molecule has 2 aromatic carbocycles. The molecule has 1 aliphatic heterocycles. The Morgan fingerprint density at radius 2 is 1.91 bits per heavy atom. The van der Waals surface area contributed by atoms with Gasteiger partial charge in [-0.15, -0.1) is 11.3 Å². The van der Waals surface area contributed by atoms with Gasteiger partial charge in [-0.2, -0.15) is 0 Å². The van der Waals surface area contributed by atoms with Crippen molar-refractivity contribution < 1.29 is 18.9 Å². The lowest BCUT2D eigenvalue weighted by Crippen LogP contribution is -2.47. The van der Waals surface area contributed by atoms with Crippen molar-refractivity contribution in [2.24, 2.45) is 0 Å². The summed E-state index contributed by atoms with van der Waals surface area (Å²) in [6, 6.07) is 11.6. The smallest absolute Gasteiger partial charge is 0.288 e. The standard InChI is InChI=1S/C25H21ClFN3O4S/c26-20-8-3-16(13-21(20)30(33)34)25(32)29(18-6-7-18)14-23(31)28-11-9-22-19(10-12-35-22)24(28)15-1-4-17(27)5-2-15/h1-5,8,10,12-13,18,24H,6-7,9,11,14H2. The van der Waals surface area contributed by atoms with Crippen molar-refractivity contribution in [2.45, 2.75) is 31.3 Å². The number of nitro benzene ring substituents is 1. The zero-order valence-electron chi connectivity index (χ0n) is 18.5. The predicted octanol–water partition coefficient (Wildman–Crippen LogP) is 5.23. The Morgan fingerprint density at radius 1 is 1.17 bits per heavy atom. The maximum Gasteiger partial charge on any atom is 0.288 e. The molecule has 3 aromatic rings. The fourth-order valence-electron chi connectivity index (χ4n) is 4.53. The summed E-state index contributed by atoms with van der Waals surface area (Å²) in [4.78, 5) is 42.0. The minimum absolute atomic E-state index is 0.0531. The van der Waals surface area contributed by atoms with Crippen molar-refractivity contribution in [3.8, 4) is 0 Å². The number of halogens is 2. The number of nitro groups is 1. The van der Waals surface area contributed by atoms with Crippen molar-refractivity contribution in [2.75, 3.05) is 13.1 Å². The van der Waals surface area contributed by atoms with Crippen LogP contribution in [0.15, 0.2) is 53.9 Å². The van der Waals surface area contributed by atoms with E-state index in [1.165, 1.54) is 34.0 Å². The van der Waals surface area contributed by atoms with E-state index in [9.17, 15) is 24.1 Å². The summed E-state index contributed by atoms with van der Waals surface area (Å²) < 4.78 is 13.6. The van der Waals surface area contributed by atoms with E-state index >= 15 is 0 Å². The van der Waals surface area contributed by atoms with Crippen LogP contribution in [0.2, 0.25) is 5.02 Å². The summed E-state index contributed by atoms with van der Waals surface area (Å²) in [5, 5.41) is 13.2. The largest absolute Gasteiger partial charge is 0.330 e. The lowest BCUT2D eigenvalue weighted by molar-refractivity contribution is -0.384. The van der Waals surface area contributed by atoms with E-state index in [0.29, 0.717) is 13.0 Å². The highest BCUT2D eigenvalue weighted by Gasteiger charge is 2.38. The molecule has 2 heterocycles. The molecule has 1 fully saturated rings. The van der Waals surface area contributed by atoms with Crippen LogP contribution in [0.3, 0.4) is 0 Å². The zero-order valence-corrected chi connectivity index (χ0v) is 20.1. The van der Waals surface area contributed by atoms with Crippen LogP contribution in [0.25, 0.3) is 0 Å². The summed E-state index contributed by atoms with van der Waals surface area (Å²) in [6.07, 6.45) is 2.24. The molecule has 7 nitrogen and oxygen atoms in total. The van der Waals surface area contributed by atoms with Crippen molar-refractivity contribution in [1.29, 1.82) is 0 Å². The summed E-state index contributed by atoms with van der Waals surface area (Å²) in [7, 11) is 0. The number of carbonyl (C=O) groups excluding carboxylic acids is 2. The van der Waals surface area contributed by atoms with Crippen molar-refractivity contribution in [3.05, 3.63) is 96.4 Å². The fourth-order valence-corrected chi connectivity index (χ4v) is 5.62. The first-order chi connectivity index (χ1) is 16.8. The molecule has 0 radical (unpaired) electrons. The third-order valence-electron chi connectivity index (χ3n) is 6.42. The van der Waals surface area contributed by atoms with Crippen LogP contribution < -0.4 is 0 Å². The normalized spacial score (nSPS) is 17.1. The number of hydrogen-bond acceptors (Lipinski definition) is 5. The molecule has 35 heavy (non-hydrogen) atoms. The summed E-state index contributed by atoms with van der Waals surface area (Å²) in [5.41, 5.74) is 1.59. The number of thiophene rings is 1. The quantitative estimate of drug-likeness (QED) is 0.334. The number of carbonyl (C=O) groups is 2. The number of amides is 2. The molecule has 2 aliphatic rings. The summed E-state index contributed by atoms with van der Waals surface area (Å²) in [6.45, 7) is 0.338. The predicted molar refractivity (Wildman–Crippen MR) is 130 cm³/mol. The van der Waals surface area contributed by atoms with Gasteiger partial charge in [0, 0.05) is 29.1 Å². The summed E-state index contributed by atoms with van der Waals surface area (Å²) in [5.74, 6) is -1.01. The van der Waals surface area contributed by atoms with Gasteiger partial charge < -0.3 is 9.80 Å². The van der Waals surface area contributed by atoms with Crippen molar-refractivity contribution in [3.63, 3.8) is 0 Å². The van der Waals surface area contributed by atoms with Gasteiger partial charge in [0.1, 0.15) is 17.4 Å². The van der Waals surface area contributed by atoms with Crippen LogP contribution in [0, 0.1) is 15.9 Å². The van der Waals surface area contributed by atoms with Crippen LogP contribution in [-0.2, 0) is 11.2 Å². The highest BCUT2D eigenvalue weighted by molar-refractivity contribution is 7.10. The third-order valence-corrected chi connectivity index (χ3v) is 7.73. The molecule has 5 rings (SSSR count). The minimum Gasteiger partial charge on any atom is -0.330 e. The van der Waals surface area contributed by atoms with E-state index in [0.717, 1.165) is 30.0 Å². The van der Waals surface area contributed by atoms with Gasteiger partial charge in [-0.05, 0) is 66.1 Å². The van der Waals surface area contributed by atoms with E-state index in [-0.39, 0.29) is 46.6 Å². The number of nitrogens with zero attached hydrogens (tertiary/aromatic N) is 3. The first-order valence-electron chi connectivity index (χ1n) is 11.2. The highest BCUT2D eigenvalue weighted by Crippen LogP contribution is 2.38. The molecule has 1 unspecified atom stereocenters. The molecule has 1 saturated carbocycles. The molecular formula is C25H21ClFN3O4S. The molecule has 0 N–H and O–H groups in total. The molecule has 1 aliphatic carbocycles. The lowest BCUT2D eigenvalue weighted by atomic mass is 9.93. The van der Waals surface area contributed by atoms with Crippen LogP contribution in [0.5, 0.6) is 0 Å². The molecule has 0 saturated heterocycles. The number of rotatable bonds is 6. The third kappa shape index (κ3) is 4.66. The Hall–Kier alpha value is -3.30. The second-order valence-corrected chi connectivity index (χ2v) is 10.1. The Bertz CT molecular complexity index is 1310. The van der Waals surface area contributed by atoms with E-state index in [2.05, 4.69) is 0 Å². The fraction of sp³-hybridized carbons (Fsp3) is 0.280. The Labute approximate surface area is 209 Å². The zero-order chi connectivity index (χ0) is 24.7. The molecule has 180 valence electrons. The molecule has 2 amide bonds. The van der Waals surface area contributed by atoms with E-state index < -0.39 is 10.8 Å². The van der Waals surface area contributed by atoms with Gasteiger partial charge in [-0.1, -0.05) is 23.7 Å². The maximum atomic E-state index is 13.6. The van der Waals surface area contributed by atoms with Crippen LogP contribution in [0.1, 0.15) is 45.2 Å². The minimum atomic E-state index is -0.634. The Balaban J connectivity index is 1.42. The number of fused-ring (bicyclic) bond motifs is 1. The molecule has 1 aromatic heterocycles. The van der Waals surface area contributed by atoms with Gasteiger partial charge in [0.2, 0.25) is 5.91 Å². The average Bonchev–Trinajstić information content (AvgIpc) is 3.57. The monoisotopic (exact) mass is 513 g/mol. The van der Waals surface area contributed by atoms with E-state index in [1.54, 1.807) is 28.4 Å². The summed E-state index contributed by atoms with van der Waals surface area (Å²) >= 11 is 7.54. The highest BCUT2D eigenvalue weighted by atomic mass is 35.5. The van der Waals surface area contributed by atoms with E-state index in [1.807, 2.05) is 11.4 Å². The lowest BCUT2D eigenvalue weighted by Gasteiger charge is -2.37. The maximum absolute atomic E-state index is 13.6. The number of benzene rings is 2. The van der Waals surface area contributed by atoms with Gasteiger partial charge in [-0.3, -0.25) is 19.7 Å². The first-order valence-corrected chi connectivity index (χ1v) is 12.5. The molecule has 0 spiro atoms. The molecular weight excluding hydrogens is 493 g/mol.